The standard InChI is InChI=1S/C25H23ClF9N5O3/c26-14-3-1-4-16-19(14)39-22(43)15(11-40(16)18-6-2-5-17(38-18)25(33,34)35)37-21(42)13(8-10-24(30,31)32)12(20(36)41)7-9-23(27,28)29/h1-6,12-13,15H,7-11H2,(H2,36,41)(H,37,42)(H,39,43)/t12?,13?,15-/m0/s1. The van der Waals surface area contributed by atoms with Gasteiger partial charge in [-0.05, 0) is 37.1 Å². The highest BCUT2D eigenvalue weighted by molar-refractivity contribution is 6.34. The molecule has 2 aromatic rings. The number of primary amides is 1. The molecule has 0 fully saturated rings. The molecule has 0 bridgehead atoms. The van der Waals surface area contributed by atoms with Crippen molar-refractivity contribution in [2.24, 2.45) is 17.6 Å². The number of anilines is 3. The van der Waals surface area contributed by atoms with Gasteiger partial charge in [0.2, 0.25) is 17.7 Å². The third kappa shape index (κ3) is 9.11. The van der Waals surface area contributed by atoms with E-state index in [-0.39, 0.29) is 22.2 Å². The first-order chi connectivity index (χ1) is 19.8. The van der Waals surface area contributed by atoms with Crippen molar-refractivity contribution < 1.29 is 53.9 Å². The van der Waals surface area contributed by atoms with Gasteiger partial charge in [0.15, 0.2) is 0 Å². The average Bonchev–Trinajstić information content (AvgIpc) is 3.01. The number of carbonyl (C=O) groups excluding carboxylic acids is 3. The number of carbonyl (C=O) groups is 3. The van der Waals surface area contributed by atoms with E-state index in [4.69, 9.17) is 17.3 Å². The van der Waals surface area contributed by atoms with Gasteiger partial charge >= 0.3 is 18.5 Å². The quantitative estimate of drug-likeness (QED) is 0.301. The largest absolute Gasteiger partial charge is 0.433 e. The van der Waals surface area contributed by atoms with Crippen molar-refractivity contribution in [3.63, 3.8) is 0 Å². The Morgan fingerprint density at radius 2 is 1.56 bits per heavy atom. The lowest BCUT2D eigenvalue weighted by atomic mass is 9.83. The molecule has 1 aliphatic rings. The molecule has 1 aliphatic heterocycles. The summed E-state index contributed by atoms with van der Waals surface area (Å²) in [5, 5.41) is 4.45. The summed E-state index contributed by atoms with van der Waals surface area (Å²) in [6.07, 6.45) is -20.1. The Kier molecular flexibility index (Phi) is 10.1. The molecular weight excluding hydrogens is 625 g/mol. The van der Waals surface area contributed by atoms with Crippen molar-refractivity contribution in [2.75, 3.05) is 16.8 Å². The Bertz CT molecular complexity index is 1350. The van der Waals surface area contributed by atoms with Crippen molar-refractivity contribution >= 4 is 46.5 Å². The minimum absolute atomic E-state index is 0.0400. The van der Waals surface area contributed by atoms with Crippen molar-refractivity contribution in [1.29, 1.82) is 0 Å². The number of nitrogens with zero attached hydrogens (tertiary/aromatic N) is 2. The second-order valence-electron chi connectivity index (χ2n) is 9.60. The van der Waals surface area contributed by atoms with Gasteiger partial charge in [-0.25, -0.2) is 4.98 Å². The van der Waals surface area contributed by atoms with E-state index >= 15 is 0 Å². The first kappa shape index (κ1) is 33.7. The zero-order valence-corrected chi connectivity index (χ0v) is 22.5. The van der Waals surface area contributed by atoms with Crippen LogP contribution >= 0.6 is 11.6 Å². The van der Waals surface area contributed by atoms with E-state index in [0.29, 0.717) is 6.07 Å². The van der Waals surface area contributed by atoms with Gasteiger partial charge in [-0.1, -0.05) is 23.7 Å². The van der Waals surface area contributed by atoms with Crippen LogP contribution in [0.5, 0.6) is 0 Å². The number of rotatable bonds is 9. The molecule has 1 aromatic heterocycles. The number of halogens is 10. The summed E-state index contributed by atoms with van der Waals surface area (Å²) in [7, 11) is 0. The number of para-hydroxylation sites is 1. The van der Waals surface area contributed by atoms with E-state index in [1.165, 1.54) is 18.2 Å². The molecule has 3 atom stereocenters. The highest BCUT2D eigenvalue weighted by atomic mass is 35.5. The summed E-state index contributed by atoms with van der Waals surface area (Å²) in [4.78, 5) is 43.1. The number of alkyl halides is 9. The van der Waals surface area contributed by atoms with Gasteiger partial charge < -0.3 is 21.3 Å². The van der Waals surface area contributed by atoms with E-state index in [9.17, 15) is 53.9 Å². The third-order valence-corrected chi connectivity index (χ3v) is 6.81. The molecule has 0 aliphatic carbocycles. The van der Waals surface area contributed by atoms with Crippen LogP contribution in [0.4, 0.5) is 56.7 Å². The summed E-state index contributed by atoms with van der Waals surface area (Å²) in [6, 6.07) is 5.23. The second-order valence-corrected chi connectivity index (χ2v) is 10.0. The minimum atomic E-state index is -4.87. The zero-order chi connectivity index (χ0) is 32.3. The molecule has 2 unspecified atom stereocenters. The topological polar surface area (TPSA) is 117 Å². The summed E-state index contributed by atoms with van der Waals surface area (Å²) >= 11 is 6.19. The van der Waals surface area contributed by atoms with Gasteiger partial charge in [0.25, 0.3) is 0 Å². The fourth-order valence-electron chi connectivity index (χ4n) is 4.47. The van der Waals surface area contributed by atoms with Crippen LogP contribution in [0.15, 0.2) is 36.4 Å². The fourth-order valence-corrected chi connectivity index (χ4v) is 4.69. The van der Waals surface area contributed by atoms with Crippen LogP contribution in [0, 0.1) is 11.8 Å². The summed E-state index contributed by atoms with van der Waals surface area (Å²) < 4.78 is 118. The molecule has 236 valence electrons. The predicted molar refractivity (Wildman–Crippen MR) is 135 cm³/mol. The van der Waals surface area contributed by atoms with Crippen molar-refractivity contribution in [1.82, 2.24) is 10.3 Å². The molecule has 1 aromatic carbocycles. The van der Waals surface area contributed by atoms with Crippen LogP contribution in [-0.2, 0) is 20.6 Å². The van der Waals surface area contributed by atoms with Crippen LogP contribution < -0.4 is 21.3 Å². The normalized spacial score (nSPS) is 17.4. The van der Waals surface area contributed by atoms with Gasteiger partial charge in [0.05, 0.1) is 22.9 Å². The molecule has 18 heteroatoms. The van der Waals surface area contributed by atoms with Gasteiger partial charge in [-0.3, -0.25) is 14.4 Å². The molecule has 2 heterocycles. The Morgan fingerprint density at radius 3 is 2.12 bits per heavy atom. The van der Waals surface area contributed by atoms with Crippen molar-refractivity contribution in [3.8, 4) is 0 Å². The molecule has 3 amide bonds. The molecular formula is C25H23ClF9N5O3. The number of pyridine rings is 1. The van der Waals surface area contributed by atoms with E-state index in [1.54, 1.807) is 0 Å². The summed E-state index contributed by atoms with van der Waals surface area (Å²) in [6.45, 7) is -0.644. The summed E-state index contributed by atoms with van der Waals surface area (Å²) in [5.41, 5.74) is 3.82. The Balaban J connectivity index is 2.00. The summed E-state index contributed by atoms with van der Waals surface area (Å²) in [5.74, 6) is -8.27. The number of fused-ring (bicyclic) bond motifs is 1. The molecule has 43 heavy (non-hydrogen) atoms. The average molecular weight is 648 g/mol. The van der Waals surface area contributed by atoms with Gasteiger partial charge in [-0.2, -0.15) is 39.5 Å². The number of nitrogens with one attached hydrogen (secondary N) is 2. The molecule has 0 saturated heterocycles. The number of hydrogen-bond donors (Lipinski definition) is 3. The zero-order valence-electron chi connectivity index (χ0n) is 21.7. The van der Waals surface area contributed by atoms with Crippen LogP contribution in [0.25, 0.3) is 0 Å². The van der Waals surface area contributed by atoms with E-state index in [2.05, 4.69) is 15.6 Å². The Morgan fingerprint density at radius 1 is 0.977 bits per heavy atom. The smallest absolute Gasteiger partial charge is 0.369 e. The van der Waals surface area contributed by atoms with Crippen molar-refractivity contribution in [2.45, 2.75) is 50.3 Å². The van der Waals surface area contributed by atoms with Gasteiger partial charge in [0.1, 0.15) is 17.6 Å². The minimum Gasteiger partial charge on any atom is -0.369 e. The second kappa shape index (κ2) is 12.9. The fraction of sp³-hybridized carbons (Fsp3) is 0.440. The maximum atomic E-state index is 13.4. The lowest BCUT2D eigenvalue weighted by Crippen LogP contribution is -2.52. The van der Waals surface area contributed by atoms with Crippen LogP contribution in [-0.4, -0.2) is 47.6 Å². The molecule has 0 spiro atoms. The van der Waals surface area contributed by atoms with E-state index in [1.807, 2.05) is 0 Å². The maximum Gasteiger partial charge on any atom is 0.433 e. The Labute approximate surface area is 242 Å². The number of amides is 3. The maximum absolute atomic E-state index is 13.4. The first-order valence-corrected chi connectivity index (χ1v) is 12.8. The highest BCUT2D eigenvalue weighted by Crippen LogP contribution is 2.40. The number of hydrogen-bond acceptors (Lipinski definition) is 5. The van der Waals surface area contributed by atoms with Crippen LogP contribution in [0.1, 0.15) is 31.4 Å². The van der Waals surface area contributed by atoms with Crippen LogP contribution in [0.3, 0.4) is 0 Å². The number of benzene rings is 1. The lowest BCUT2D eigenvalue weighted by molar-refractivity contribution is -0.152. The van der Waals surface area contributed by atoms with Crippen LogP contribution in [0.2, 0.25) is 5.02 Å². The highest BCUT2D eigenvalue weighted by Gasteiger charge is 2.41. The molecule has 3 rings (SSSR count). The third-order valence-electron chi connectivity index (χ3n) is 6.50. The molecule has 0 radical (unpaired) electrons. The van der Waals surface area contributed by atoms with Gasteiger partial charge in [0, 0.05) is 24.7 Å². The monoisotopic (exact) mass is 647 g/mol. The Hall–Kier alpha value is -3.76. The molecule has 4 N–H and O–H groups in total. The first-order valence-electron chi connectivity index (χ1n) is 12.4. The van der Waals surface area contributed by atoms with Crippen molar-refractivity contribution in [3.05, 3.63) is 47.1 Å². The van der Waals surface area contributed by atoms with Gasteiger partial charge in [-0.15, -0.1) is 0 Å². The molecule has 8 nitrogen and oxygen atoms in total. The van der Waals surface area contributed by atoms with E-state index in [0.717, 1.165) is 17.0 Å². The number of nitrogens with two attached hydrogens (primary N) is 1. The number of aromatic nitrogens is 1. The predicted octanol–water partition coefficient (Wildman–Crippen LogP) is 5.73. The lowest BCUT2D eigenvalue weighted by Gasteiger charge is -2.29. The SMILES string of the molecule is NC(=O)C(CCC(F)(F)F)C(CCC(F)(F)F)C(=O)N[C@H]1CN(c2cccc(C(F)(F)F)n2)c2cccc(Cl)c2NC1=O. The molecule has 0 saturated carbocycles. The van der Waals surface area contributed by atoms with E-state index < -0.39 is 92.1 Å².